The second kappa shape index (κ2) is 6.76. The van der Waals surface area contributed by atoms with E-state index in [9.17, 15) is 0 Å². The summed E-state index contributed by atoms with van der Waals surface area (Å²) in [5, 5.41) is 1.50. The lowest BCUT2D eigenvalue weighted by atomic mass is 10.1. The molecule has 4 heteroatoms. The van der Waals surface area contributed by atoms with Gasteiger partial charge in [-0.1, -0.05) is 42.1 Å². The number of hydrogen-bond donors (Lipinski definition) is 1. The lowest BCUT2D eigenvalue weighted by Crippen LogP contribution is -2.36. The Morgan fingerprint density at radius 3 is 2.33 bits per heavy atom. The van der Waals surface area contributed by atoms with Gasteiger partial charge in [0, 0.05) is 41.3 Å². The van der Waals surface area contributed by atoms with Gasteiger partial charge in [-0.15, -0.1) is 0 Å². The van der Waals surface area contributed by atoms with Crippen LogP contribution >= 0.6 is 23.2 Å². The van der Waals surface area contributed by atoms with E-state index >= 15 is 0 Å². The Bertz CT molecular complexity index is 369. The van der Waals surface area contributed by atoms with Gasteiger partial charge in [0.2, 0.25) is 0 Å². The van der Waals surface area contributed by atoms with Gasteiger partial charge in [0.1, 0.15) is 0 Å². The van der Waals surface area contributed by atoms with Crippen molar-refractivity contribution in [2.24, 2.45) is 5.73 Å². The van der Waals surface area contributed by atoms with Crippen molar-refractivity contribution in [3.05, 3.63) is 33.8 Å². The zero-order valence-electron chi connectivity index (χ0n) is 10.5. The van der Waals surface area contributed by atoms with Crippen LogP contribution < -0.4 is 5.73 Å². The van der Waals surface area contributed by atoms with Crippen molar-refractivity contribution in [3.63, 3.8) is 0 Å². The smallest absolute Gasteiger partial charge is 0.0465 e. The van der Waals surface area contributed by atoms with E-state index in [1.807, 2.05) is 18.2 Å². The molecule has 0 radical (unpaired) electrons. The molecule has 0 aliphatic heterocycles. The number of halogens is 2. The second-order valence-electron chi connectivity index (χ2n) is 4.90. The third kappa shape index (κ3) is 3.39. The number of benzene rings is 1. The Hall–Kier alpha value is -0.280. The fourth-order valence-electron chi connectivity index (χ4n) is 2.71. The maximum absolute atomic E-state index is 6.24. The average molecular weight is 287 g/mol. The Morgan fingerprint density at radius 1 is 1.17 bits per heavy atom. The molecular formula is C14H20Cl2N2. The van der Waals surface area contributed by atoms with Crippen molar-refractivity contribution in [2.45, 2.75) is 38.3 Å². The van der Waals surface area contributed by atoms with Gasteiger partial charge in [-0.25, -0.2) is 0 Å². The zero-order valence-corrected chi connectivity index (χ0v) is 12.1. The number of rotatable bonds is 5. The molecule has 1 saturated carbocycles. The molecule has 0 unspecified atom stereocenters. The molecule has 0 spiro atoms. The molecule has 0 atom stereocenters. The molecule has 100 valence electrons. The molecule has 0 aromatic heterocycles. The highest BCUT2D eigenvalue weighted by atomic mass is 35.5. The highest BCUT2D eigenvalue weighted by Gasteiger charge is 2.23. The van der Waals surface area contributed by atoms with Crippen LogP contribution in [0.1, 0.15) is 31.2 Å². The first-order valence-electron chi connectivity index (χ1n) is 6.59. The third-order valence-corrected chi connectivity index (χ3v) is 4.39. The number of nitrogens with zero attached hydrogens (tertiary/aromatic N) is 1. The lowest BCUT2D eigenvalue weighted by Gasteiger charge is -2.29. The molecule has 1 aliphatic rings. The van der Waals surface area contributed by atoms with E-state index < -0.39 is 0 Å². The van der Waals surface area contributed by atoms with Gasteiger partial charge in [-0.2, -0.15) is 0 Å². The van der Waals surface area contributed by atoms with Crippen LogP contribution in [-0.2, 0) is 6.54 Å². The summed E-state index contributed by atoms with van der Waals surface area (Å²) >= 11 is 12.5. The minimum Gasteiger partial charge on any atom is -0.329 e. The van der Waals surface area contributed by atoms with Crippen LogP contribution in [0, 0.1) is 0 Å². The normalized spacial score (nSPS) is 16.7. The topological polar surface area (TPSA) is 29.3 Å². The minimum atomic E-state index is 0.640. The predicted octanol–water partition coefficient (Wildman–Crippen LogP) is 3.70. The summed E-state index contributed by atoms with van der Waals surface area (Å²) in [4.78, 5) is 2.43. The van der Waals surface area contributed by atoms with Crippen LogP contribution in [0.15, 0.2) is 18.2 Å². The number of nitrogens with two attached hydrogens (primary N) is 1. The Balaban J connectivity index is 2.12. The summed E-state index contributed by atoms with van der Waals surface area (Å²) in [7, 11) is 0. The summed E-state index contributed by atoms with van der Waals surface area (Å²) in [6.45, 7) is 2.39. The highest BCUT2D eigenvalue weighted by molar-refractivity contribution is 6.35. The lowest BCUT2D eigenvalue weighted by molar-refractivity contribution is 0.195. The van der Waals surface area contributed by atoms with Crippen LogP contribution in [0.2, 0.25) is 10.0 Å². The fraction of sp³-hybridized carbons (Fsp3) is 0.571. The van der Waals surface area contributed by atoms with E-state index in [0.29, 0.717) is 12.6 Å². The van der Waals surface area contributed by atoms with Crippen molar-refractivity contribution in [2.75, 3.05) is 13.1 Å². The van der Waals surface area contributed by atoms with Crippen molar-refractivity contribution in [1.29, 1.82) is 0 Å². The largest absolute Gasteiger partial charge is 0.329 e. The molecule has 0 bridgehead atoms. The molecular weight excluding hydrogens is 267 g/mol. The average Bonchev–Trinajstić information content (AvgIpc) is 2.86. The van der Waals surface area contributed by atoms with Crippen LogP contribution in [0.25, 0.3) is 0 Å². The Kier molecular flexibility index (Phi) is 5.31. The quantitative estimate of drug-likeness (QED) is 0.894. The highest BCUT2D eigenvalue weighted by Crippen LogP contribution is 2.29. The first-order valence-corrected chi connectivity index (χ1v) is 7.35. The van der Waals surface area contributed by atoms with Crippen LogP contribution in [0.5, 0.6) is 0 Å². The van der Waals surface area contributed by atoms with E-state index in [1.54, 1.807) is 0 Å². The summed E-state index contributed by atoms with van der Waals surface area (Å²) < 4.78 is 0. The van der Waals surface area contributed by atoms with Crippen molar-refractivity contribution >= 4 is 23.2 Å². The second-order valence-corrected chi connectivity index (χ2v) is 5.71. The molecule has 0 heterocycles. The first kappa shape index (κ1) is 14.1. The van der Waals surface area contributed by atoms with E-state index in [1.165, 1.54) is 25.7 Å². The van der Waals surface area contributed by atoms with Crippen LogP contribution in [0.3, 0.4) is 0 Å². The zero-order chi connectivity index (χ0) is 13.0. The van der Waals surface area contributed by atoms with Gasteiger partial charge in [0.05, 0.1) is 0 Å². The minimum absolute atomic E-state index is 0.640. The molecule has 0 amide bonds. The van der Waals surface area contributed by atoms with Crippen molar-refractivity contribution < 1.29 is 0 Å². The van der Waals surface area contributed by atoms with Crippen LogP contribution in [-0.4, -0.2) is 24.0 Å². The molecule has 0 saturated heterocycles. The summed E-state index contributed by atoms with van der Waals surface area (Å²) in [5.41, 5.74) is 6.75. The Labute approximate surface area is 119 Å². The van der Waals surface area contributed by atoms with E-state index in [-0.39, 0.29) is 0 Å². The van der Waals surface area contributed by atoms with Gasteiger partial charge in [-0.05, 0) is 25.0 Å². The number of hydrogen-bond acceptors (Lipinski definition) is 2. The van der Waals surface area contributed by atoms with E-state index in [2.05, 4.69) is 4.90 Å². The van der Waals surface area contributed by atoms with Crippen molar-refractivity contribution in [1.82, 2.24) is 4.90 Å². The molecule has 2 N–H and O–H groups in total. The summed E-state index contributed by atoms with van der Waals surface area (Å²) in [5.74, 6) is 0. The van der Waals surface area contributed by atoms with Crippen LogP contribution in [0.4, 0.5) is 0 Å². The van der Waals surface area contributed by atoms with Gasteiger partial charge in [0.25, 0.3) is 0 Å². The molecule has 1 fully saturated rings. The summed E-state index contributed by atoms with van der Waals surface area (Å²) in [6, 6.07) is 6.33. The molecule has 2 rings (SSSR count). The van der Waals surface area contributed by atoms with Crippen molar-refractivity contribution in [3.8, 4) is 0 Å². The van der Waals surface area contributed by atoms with Gasteiger partial charge in [-0.3, -0.25) is 4.90 Å². The van der Waals surface area contributed by atoms with Gasteiger partial charge < -0.3 is 5.73 Å². The standard InChI is InChI=1S/C14H20Cl2N2/c15-13-6-3-7-14(16)12(13)10-18(9-8-17)11-4-1-2-5-11/h3,6-7,11H,1-2,4-5,8-10,17H2. The third-order valence-electron chi connectivity index (χ3n) is 3.68. The molecule has 1 aromatic carbocycles. The monoisotopic (exact) mass is 286 g/mol. The molecule has 18 heavy (non-hydrogen) atoms. The van der Waals surface area contributed by atoms with Gasteiger partial charge >= 0.3 is 0 Å². The fourth-order valence-corrected chi connectivity index (χ4v) is 3.23. The van der Waals surface area contributed by atoms with E-state index in [0.717, 1.165) is 28.7 Å². The Morgan fingerprint density at radius 2 is 1.78 bits per heavy atom. The summed E-state index contributed by atoms with van der Waals surface area (Å²) in [6.07, 6.45) is 5.17. The first-order chi connectivity index (χ1) is 8.72. The molecule has 1 aromatic rings. The SMILES string of the molecule is NCCN(Cc1c(Cl)cccc1Cl)C1CCCC1. The molecule has 1 aliphatic carbocycles. The van der Waals surface area contributed by atoms with Gasteiger partial charge in [0.15, 0.2) is 0 Å². The maximum Gasteiger partial charge on any atom is 0.0465 e. The molecule has 2 nitrogen and oxygen atoms in total. The maximum atomic E-state index is 6.24. The predicted molar refractivity (Wildman–Crippen MR) is 78.2 cm³/mol. The van der Waals surface area contributed by atoms with E-state index in [4.69, 9.17) is 28.9 Å².